The Morgan fingerprint density at radius 3 is 2.17 bits per heavy atom. The molecule has 12 heavy (non-hydrogen) atoms. The summed E-state index contributed by atoms with van der Waals surface area (Å²) in [5.74, 6) is 0. The molecule has 1 saturated heterocycles. The zero-order chi connectivity index (χ0) is 9.19. The molecule has 0 radical (unpaired) electrons. The highest BCUT2D eigenvalue weighted by atomic mass is 15.2. The lowest BCUT2D eigenvalue weighted by Crippen LogP contribution is -2.44. The van der Waals surface area contributed by atoms with Crippen LogP contribution in [0, 0.1) is 5.41 Å². The van der Waals surface area contributed by atoms with Crippen LogP contribution < -0.4 is 5.32 Å². The van der Waals surface area contributed by atoms with Crippen molar-refractivity contribution < 1.29 is 0 Å². The molecule has 1 aliphatic heterocycles. The molecule has 1 rings (SSSR count). The first-order chi connectivity index (χ1) is 5.52. The highest BCUT2D eigenvalue weighted by Crippen LogP contribution is 2.26. The van der Waals surface area contributed by atoms with E-state index in [9.17, 15) is 0 Å². The van der Waals surface area contributed by atoms with Crippen molar-refractivity contribution in [1.82, 2.24) is 10.2 Å². The molecule has 1 fully saturated rings. The van der Waals surface area contributed by atoms with E-state index >= 15 is 0 Å². The van der Waals surface area contributed by atoms with Gasteiger partial charge >= 0.3 is 0 Å². The van der Waals surface area contributed by atoms with Crippen LogP contribution >= 0.6 is 0 Å². The van der Waals surface area contributed by atoms with Crippen LogP contribution in [0.2, 0.25) is 0 Å². The number of nitrogens with zero attached hydrogens (tertiary/aromatic N) is 1. The minimum atomic E-state index is 0.220. The number of hydrogen-bond donors (Lipinski definition) is 1. The Morgan fingerprint density at radius 2 is 1.75 bits per heavy atom. The van der Waals surface area contributed by atoms with E-state index in [0.29, 0.717) is 0 Å². The van der Waals surface area contributed by atoms with Gasteiger partial charge in [0.2, 0.25) is 0 Å². The van der Waals surface area contributed by atoms with Crippen LogP contribution in [0.15, 0.2) is 12.3 Å². The summed E-state index contributed by atoms with van der Waals surface area (Å²) in [6.45, 7) is 15.2. The van der Waals surface area contributed by atoms with Gasteiger partial charge in [-0.15, -0.1) is 0 Å². The SMILES string of the molecule is C=C(N1CCNCC1)C(C)(C)C. The van der Waals surface area contributed by atoms with E-state index in [2.05, 4.69) is 37.6 Å². The number of rotatable bonds is 1. The fourth-order valence-electron chi connectivity index (χ4n) is 1.41. The maximum Gasteiger partial charge on any atom is 0.0300 e. The molecule has 0 saturated carbocycles. The Bertz CT molecular complexity index is 161. The van der Waals surface area contributed by atoms with Gasteiger partial charge in [0.1, 0.15) is 0 Å². The van der Waals surface area contributed by atoms with Gasteiger partial charge in [-0.1, -0.05) is 27.4 Å². The average molecular weight is 168 g/mol. The van der Waals surface area contributed by atoms with E-state index in [1.54, 1.807) is 0 Å². The number of hydrogen-bond acceptors (Lipinski definition) is 2. The highest BCUT2D eigenvalue weighted by molar-refractivity contribution is 5.05. The van der Waals surface area contributed by atoms with Crippen molar-refractivity contribution in [2.45, 2.75) is 20.8 Å². The molecule has 2 nitrogen and oxygen atoms in total. The number of allylic oxidation sites excluding steroid dienone is 1. The first-order valence-electron chi connectivity index (χ1n) is 4.67. The van der Waals surface area contributed by atoms with Crippen LogP contribution in [0.25, 0.3) is 0 Å². The van der Waals surface area contributed by atoms with Crippen molar-refractivity contribution in [3.63, 3.8) is 0 Å². The molecule has 0 atom stereocenters. The fourth-order valence-corrected chi connectivity index (χ4v) is 1.41. The molecule has 0 aromatic heterocycles. The minimum absolute atomic E-state index is 0.220. The predicted octanol–water partition coefficient (Wildman–Crippen LogP) is 1.45. The van der Waals surface area contributed by atoms with Gasteiger partial charge in [0, 0.05) is 37.3 Å². The molecule has 0 unspecified atom stereocenters. The molecule has 2 heteroatoms. The Kier molecular flexibility index (Phi) is 2.78. The van der Waals surface area contributed by atoms with Gasteiger partial charge in [-0.25, -0.2) is 0 Å². The second-order valence-corrected chi connectivity index (χ2v) is 4.43. The lowest BCUT2D eigenvalue weighted by atomic mass is 9.91. The normalized spacial score (nSPS) is 19.4. The molecule has 0 aliphatic carbocycles. The molecule has 0 amide bonds. The predicted molar refractivity (Wildman–Crippen MR) is 53.0 cm³/mol. The van der Waals surface area contributed by atoms with Crippen LogP contribution in [0.1, 0.15) is 20.8 Å². The molecular formula is C10H20N2. The third-order valence-electron chi connectivity index (χ3n) is 2.36. The van der Waals surface area contributed by atoms with E-state index < -0.39 is 0 Å². The summed E-state index contributed by atoms with van der Waals surface area (Å²) in [6.07, 6.45) is 0. The summed E-state index contributed by atoms with van der Waals surface area (Å²) in [7, 11) is 0. The number of nitrogens with one attached hydrogen (secondary N) is 1. The second kappa shape index (κ2) is 3.48. The summed E-state index contributed by atoms with van der Waals surface area (Å²) < 4.78 is 0. The van der Waals surface area contributed by atoms with E-state index in [0.717, 1.165) is 26.2 Å². The van der Waals surface area contributed by atoms with Crippen LogP contribution in [0.5, 0.6) is 0 Å². The third kappa shape index (κ3) is 2.24. The summed E-state index contributed by atoms with van der Waals surface area (Å²) in [5, 5.41) is 3.34. The average Bonchev–Trinajstić information content (AvgIpc) is 2.03. The topological polar surface area (TPSA) is 15.3 Å². The van der Waals surface area contributed by atoms with Crippen molar-refractivity contribution in [2.75, 3.05) is 26.2 Å². The summed E-state index contributed by atoms with van der Waals surface area (Å²) >= 11 is 0. The molecule has 0 bridgehead atoms. The van der Waals surface area contributed by atoms with Gasteiger partial charge in [0.05, 0.1) is 0 Å². The number of piperazine rings is 1. The van der Waals surface area contributed by atoms with E-state index in [-0.39, 0.29) is 5.41 Å². The third-order valence-corrected chi connectivity index (χ3v) is 2.36. The highest BCUT2D eigenvalue weighted by Gasteiger charge is 2.21. The first-order valence-corrected chi connectivity index (χ1v) is 4.67. The van der Waals surface area contributed by atoms with Crippen LogP contribution in [0.3, 0.4) is 0 Å². The second-order valence-electron chi connectivity index (χ2n) is 4.43. The summed E-state index contributed by atoms with van der Waals surface area (Å²) in [6, 6.07) is 0. The van der Waals surface area contributed by atoms with Crippen molar-refractivity contribution in [2.24, 2.45) is 5.41 Å². The molecule has 70 valence electrons. The van der Waals surface area contributed by atoms with Gasteiger partial charge in [-0.05, 0) is 0 Å². The Labute approximate surface area is 75.6 Å². The van der Waals surface area contributed by atoms with Crippen LogP contribution in [-0.4, -0.2) is 31.1 Å². The van der Waals surface area contributed by atoms with E-state index in [4.69, 9.17) is 0 Å². The van der Waals surface area contributed by atoms with Gasteiger partial charge in [-0.2, -0.15) is 0 Å². The zero-order valence-corrected chi connectivity index (χ0v) is 8.48. The Morgan fingerprint density at radius 1 is 1.25 bits per heavy atom. The lowest BCUT2D eigenvalue weighted by Gasteiger charge is -2.37. The smallest absolute Gasteiger partial charge is 0.0300 e. The molecule has 0 spiro atoms. The van der Waals surface area contributed by atoms with Crippen LogP contribution in [-0.2, 0) is 0 Å². The Hall–Kier alpha value is -0.500. The molecular weight excluding hydrogens is 148 g/mol. The van der Waals surface area contributed by atoms with E-state index in [1.165, 1.54) is 5.70 Å². The minimum Gasteiger partial charge on any atom is -0.372 e. The van der Waals surface area contributed by atoms with Gasteiger partial charge in [0.15, 0.2) is 0 Å². The maximum absolute atomic E-state index is 4.15. The van der Waals surface area contributed by atoms with Crippen LogP contribution in [0.4, 0.5) is 0 Å². The van der Waals surface area contributed by atoms with Gasteiger partial charge in [0.25, 0.3) is 0 Å². The fraction of sp³-hybridized carbons (Fsp3) is 0.800. The molecule has 0 aromatic rings. The van der Waals surface area contributed by atoms with Gasteiger partial charge in [-0.3, -0.25) is 0 Å². The quantitative estimate of drug-likeness (QED) is 0.637. The molecule has 0 aromatic carbocycles. The van der Waals surface area contributed by atoms with Crippen molar-refractivity contribution in [1.29, 1.82) is 0 Å². The monoisotopic (exact) mass is 168 g/mol. The van der Waals surface area contributed by atoms with Crippen molar-refractivity contribution >= 4 is 0 Å². The first kappa shape index (κ1) is 9.59. The van der Waals surface area contributed by atoms with Crippen molar-refractivity contribution in [3.8, 4) is 0 Å². The zero-order valence-electron chi connectivity index (χ0n) is 8.48. The van der Waals surface area contributed by atoms with Gasteiger partial charge < -0.3 is 10.2 Å². The standard InChI is InChI=1S/C10H20N2/c1-9(10(2,3)4)12-7-5-11-6-8-12/h11H,1,5-8H2,2-4H3. The summed E-state index contributed by atoms with van der Waals surface area (Å²) in [4.78, 5) is 2.39. The molecule has 1 N–H and O–H groups in total. The van der Waals surface area contributed by atoms with E-state index in [1.807, 2.05) is 0 Å². The van der Waals surface area contributed by atoms with Crippen molar-refractivity contribution in [3.05, 3.63) is 12.3 Å². The summed E-state index contributed by atoms with van der Waals surface area (Å²) in [5.41, 5.74) is 1.49. The maximum atomic E-state index is 4.15. The Balaban J connectivity index is 2.51. The molecule has 1 aliphatic rings. The molecule has 1 heterocycles. The lowest BCUT2D eigenvalue weighted by molar-refractivity contribution is 0.242. The largest absolute Gasteiger partial charge is 0.372 e.